The maximum Gasteiger partial charge on any atom is 0.259 e. The molecule has 0 saturated carbocycles. The normalized spacial score (nSPS) is 11.4. The number of nitrogens with one attached hydrogen (secondary N) is 1. The number of hydrogen-bond donors (Lipinski definition) is 1. The van der Waals surface area contributed by atoms with Crippen LogP contribution in [0.15, 0.2) is 82.2 Å². The van der Waals surface area contributed by atoms with E-state index in [1.54, 1.807) is 38.1 Å². The molecule has 0 aliphatic rings. The van der Waals surface area contributed by atoms with Crippen molar-refractivity contribution in [1.82, 2.24) is 4.31 Å². The lowest BCUT2D eigenvalue weighted by Crippen LogP contribution is -2.30. The summed E-state index contributed by atoms with van der Waals surface area (Å²) in [6, 6.07) is 21.4. The van der Waals surface area contributed by atoms with E-state index in [1.165, 1.54) is 16.4 Å². The van der Waals surface area contributed by atoms with E-state index >= 15 is 0 Å². The van der Waals surface area contributed by atoms with Crippen molar-refractivity contribution in [2.45, 2.75) is 25.2 Å². The zero-order chi connectivity index (χ0) is 23.8. The Labute approximate surface area is 203 Å². The zero-order valence-corrected chi connectivity index (χ0v) is 21.0. The molecule has 1 N–H and O–H groups in total. The van der Waals surface area contributed by atoms with Gasteiger partial charge in [0.2, 0.25) is 10.0 Å². The number of anilines is 1. The Bertz CT molecular complexity index is 1180. The molecular formula is C25H27BrN2O4S. The van der Waals surface area contributed by atoms with Crippen LogP contribution in [0, 0.1) is 0 Å². The van der Waals surface area contributed by atoms with Crippen LogP contribution in [0.4, 0.5) is 5.69 Å². The van der Waals surface area contributed by atoms with Crippen molar-refractivity contribution in [3.8, 4) is 5.75 Å². The summed E-state index contributed by atoms with van der Waals surface area (Å²) in [4.78, 5) is 13.2. The van der Waals surface area contributed by atoms with Gasteiger partial charge in [0.05, 0.1) is 17.1 Å². The quantitative estimate of drug-likeness (QED) is 0.383. The standard InChI is InChI=1S/C25H27BrN2O4S/c1-3-28(4-2)33(30,31)22-13-11-21(12-14-22)27-25(29)23-18-20(26)10-15-24(23)32-17-16-19-8-6-5-7-9-19/h5-15,18H,3-4,16-17H2,1-2H3,(H,27,29). The van der Waals surface area contributed by atoms with E-state index in [4.69, 9.17) is 4.74 Å². The second-order valence-corrected chi connectivity index (χ2v) is 10.1. The SMILES string of the molecule is CCN(CC)S(=O)(=O)c1ccc(NC(=O)c2cc(Br)ccc2OCCc2ccccc2)cc1. The van der Waals surface area contributed by atoms with Crippen molar-refractivity contribution in [2.75, 3.05) is 25.0 Å². The minimum Gasteiger partial charge on any atom is -0.492 e. The van der Waals surface area contributed by atoms with E-state index < -0.39 is 10.0 Å². The van der Waals surface area contributed by atoms with Crippen molar-refractivity contribution in [3.05, 3.63) is 88.4 Å². The molecule has 0 bridgehead atoms. The summed E-state index contributed by atoms with van der Waals surface area (Å²) < 4.78 is 33.3. The van der Waals surface area contributed by atoms with Crippen LogP contribution in [-0.2, 0) is 16.4 Å². The number of carbonyl (C=O) groups excluding carboxylic acids is 1. The third-order valence-corrected chi connectivity index (χ3v) is 7.69. The van der Waals surface area contributed by atoms with Gasteiger partial charge in [0.25, 0.3) is 5.91 Å². The fraction of sp³-hybridized carbons (Fsp3) is 0.240. The summed E-state index contributed by atoms with van der Waals surface area (Å²) in [5.74, 6) is 0.137. The van der Waals surface area contributed by atoms with E-state index in [9.17, 15) is 13.2 Å². The van der Waals surface area contributed by atoms with E-state index in [2.05, 4.69) is 21.2 Å². The first-order chi connectivity index (χ1) is 15.8. The number of nitrogens with zero attached hydrogens (tertiary/aromatic N) is 1. The third-order valence-electron chi connectivity index (χ3n) is 5.13. The first-order valence-electron chi connectivity index (χ1n) is 10.7. The number of ether oxygens (including phenoxy) is 1. The number of carbonyl (C=O) groups is 1. The van der Waals surface area contributed by atoms with Gasteiger partial charge in [-0.15, -0.1) is 0 Å². The summed E-state index contributed by atoms with van der Waals surface area (Å²) >= 11 is 3.41. The fourth-order valence-corrected chi connectivity index (χ4v) is 5.17. The molecule has 1 amide bonds. The van der Waals surface area contributed by atoms with Gasteiger partial charge in [-0.05, 0) is 48.0 Å². The van der Waals surface area contributed by atoms with Crippen molar-refractivity contribution in [2.24, 2.45) is 0 Å². The first kappa shape index (κ1) is 25.0. The molecule has 0 atom stereocenters. The van der Waals surface area contributed by atoms with Crippen LogP contribution in [0.2, 0.25) is 0 Å². The molecule has 174 valence electrons. The molecule has 3 rings (SSSR count). The minimum absolute atomic E-state index is 0.191. The number of rotatable bonds is 10. The summed E-state index contributed by atoms with van der Waals surface area (Å²) in [5, 5.41) is 2.82. The lowest BCUT2D eigenvalue weighted by molar-refractivity contribution is 0.102. The van der Waals surface area contributed by atoms with Gasteiger partial charge in [-0.3, -0.25) is 4.79 Å². The Morgan fingerprint density at radius 3 is 2.27 bits per heavy atom. The Kier molecular flexibility index (Phi) is 8.66. The van der Waals surface area contributed by atoms with Crippen LogP contribution in [0.3, 0.4) is 0 Å². The van der Waals surface area contributed by atoms with Crippen molar-refractivity contribution in [3.63, 3.8) is 0 Å². The van der Waals surface area contributed by atoms with E-state index in [0.717, 1.165) is 16.5 Å². The second kappa shape index (κ2) is 11.4. The van der Waals surface area contributed by atoms with Crippen LogP contribution in [-0.4, -0.2) is 38.3 Å². The van der Waals surface area contributed by atoms with Gasteiger partial charge in [0.1, 0.15) is 5.75 Å². The van der Waals surface area contributed by atoms with Crippen LogP contribution >= 0.6 is 15.9 Å². The number of hydrogen-bond acceptors (Lipinski definition) is 4. The highest BCUT2D eigenvalue weighted by Gasteiger charge is 2.21. The predicted octanol–water partition coefficient (Wildman–Crippen LogP) is 5.35. The molecular weight excluding hydrogens is 504 g/mol. The molecule has 0 aliphatic carbocycles. The van der Waals surface area contributed by atoms with E-state index in [1.807, 2.05) is 36.4 Å². The maximum atomic E-state index is 13.0. The van der Waals surface area contributed by atoms with Crippen LogP contribution in [0.1, 0.15) is 29.8 Å². The van der Waals surface area contributed by atoms with Crippen molar-refractivity contribution >= 4 is 37.5 Å². The van der Waals surface area contributed by atoms with Crippen molar-refractivity contribution < 1.29 is 17.9 Å². The highest BCUT2D eigenvalue weighted by atomic mass is 79.9. The molecule has 0 aromatic heterocycles. The highest BCUT2D eigenvalue weighted by Crippen LogP contribution is 2.25. The van der Waals surface area contributed by atoms with Gasteiger partial charge >= 0.3 is 0 Å². The summed E-state index contributed by atoms with van der Waals surface area (Å²) in [5.41, 5.74) is 2.03. The molecule has 3 aromatic carbocycles. The molecule has 0 unspecified atom stereocenters. The van der Waals surface area contributed by atoms with E-state index in [0.29, 0.717) is 36.7 Å². The largest absolute Gasteiger partial charge is 0.492 e. The smallest absolute Gasteiger partial charge is 0.259 e. The molecule has 0 radical (unpaired) electrons. The van der Waals surface area contributed by atoms with Gasteiger partial charge in [-0.25, -0.2) is 8.42 Å². The fourth-order valence-electron chi connectivity index (χ4n) is 3.35. The molecule has 0 aliphatic heterocycles. The van der Waals surface area contributed by atoms with Crippen LogP contribution in [0.25, 0.3) is 0 Å². The maximum absolute atomic E-state index is 13.0. The van der Waals surface area contributed by atoms with Crippen molar-refractivity contribution in [1.29, 1.82) is 0 Å². The Hall–Kier alpha value is -2.68. The first-order valence-corrected chi connectivity index (χ1v) is 13.0. The Balaban J connectivity index is 1.71. The number of amides is 1. The van der Waals surface area contributed by atoms with Gasteiger partial charge in [-0.2, -0.15) is 4.31 Å². The van der Waals surface area contributed by atoms with Gasteiger partial charge in [0.15, 0.2) is 0 Å². The average molecular weight is 531 g/mol. The topological polar surface area (TPSA) is 75.7 Å². The summed E-state index contributed by atoms with van der Waals surface area (Å²) in [6.45, 7) is 4.82. The van der Waals surface area contributed by atoms with Gasteiger partial charge < -0.3 is 10.1 Å². The monoisotopic (exact) mass is 530 g/mol. The summed E-state index contributed by atoms with van der Waals surface area (Å²) in [6.07, 6.45) is 0.723. The lowest BCUT2D eigenvalue weighted by Gasteiger charge is -2.18. The minimum atomic E-state index is -3.55. The molecule has 0 fully saturated rings. The molecule has 0 saturated heterocycles. The van der Waals surface area contributed by atoms with Crippen LogP contribution in [0.5, 0.6) is 5.75 Å². The zero-order valence-electron chi connectivity index (χ0n) is 18.6. The number of halogens is 1. The van der Waals surface area contributed by atoms with Gasteiger partial charge in [-0.1, -0.05) is 60.1 Å². The second-order valence-electron chi connectivity index (χ2n) is 7.29. The highest BCUT2D eigenvalue weighted by molar-refractivity contribution is 9.10. The summed E-state index contributed by atoms with van der Waals surface area (Å²) in [7, 11) is -3.55. The lowest BCUT2D eigenvalue weighted by atomic mass is 10.1. The number of sulfonamides is 1. The molecule has 6 nitrogen and oxygen atoms in total. The Morgan fingerprint density at radius 1 is 0.970 bits per heavy atom. The third kappa shape index (κ3) is 6.43. The molecule has 33 heavy (non-hydrogen) atoms. The molecule has 0 heterocycles. The Morgan fingerprint density at radius 2 is 1.64 bits per heavy atom. The molecule has 3 aromatic rings. The van der Waals surface area contributed by atoms with Gasteiger partial charge in [0, 0.05) is 29.7 Å². The molecule has 0 spiro atoms. The number of benzene rings is 3. The average Bonchev–Trinajstić information content (AvgIpc) is 2.81. The predicted molar refractivity (Wildman–Crippen MR) is 134 cm³/mol. The molecule has 8 heteroatoms. The van der Waals surface area contributed by atoms with E-state index in [-0.39, 0.29) is 10.8 Å². The van der Waals surface area contributed by atoms with Crippen LogP contribution < -0.4 is 10.1 Å².